The van der Waals surface area contributed by atoms with Gasteiger partial charge in [-0.05, 0) is 94.9 Å². The summed E-state index contributed by atoms with van der Waals surface area (Å²) >= 11 is 5.44. The number of halogens is 2. The number of esters is 1. The van der Waals surface area contributed by atoms with Crippen molar-refractivity contribution in [2.24, 2.45) is 4.99 Å². The van der Waals surface area contributed by atoms with Gasteiger partial charge in [0.1, 0.15) is 23.3 Å². The van der Waals surface area contributed by atoms with Crippen LogP contribution in [0, 0.1) is 7.14 Å². The van der Waals surface area contributed by atoms with E-state index in [1.807, 2.05) is 19.1 Å². The van der Waals surface area contributed by atoms with Gasteiger partial charge in [0.05, 0.1) is 40.2 Å². The molecule has 0 amide bonds. The highest BCUT2D eigenvalue weighted by molar-refractivity contribution is 14.1. The molecule has 0 aliphatic carbocycles. The minimum absolute atomic E-state index is 0.0988. The lowest BCUT2D eigenvalue weighted by Crippen LogP contribution is -2.40. The number of aromatic nitrogens is 1. The van der Waals surface area contributed by atoms with E-state index >= 15 is 0 Å². The molecule has 8 nitrogen and oxygen atoms in total. The largest absolute Gasteiger partial charge is 0.506 e. The van der Waals surface area contributed by atoms with Crippen LogP contribution in [0.25, 0.3) is 6.08 Å². The summed E-state index contributed by atoms with van der Waals surface area (Å²) in [5, 5.41) is 10.6. The minimum atomic E-state index is -0.844. The van der Waals surface area contributed by atoms with Gasteiger partial charge in [0, 0.05) is 14.7 Å². The van der Waals surface area contributed by atoms with E-state index in [9.17, 15) is 14.7 Å². The molecule has 200 valence electrons. The highest BCUT2D eigenvalue weighted by Gasteiger charge is 2.36. The summed E-state index contributed by atoms with van der Waals surface area (Å²) in [6, 6.07) is 8.09. The molecule has 0 saturated heterocycles. The molecule has 0 radical (unpaired) electrons. The summed E-state index contributed by atoms with van der Waals surface area (Å²) in [4.78, 5) is 32.6. The van der Waals surface area contributed by atoms with Crippen molar-refractivity contribution >= 4 is 68.6 Å². The lowest BCUT2D eigenvalue weighted by Gasteiger charge is -2.27. The van der Waals surface area contributed by atoms with Gasteiger partial charge in [0.25, 0.3) is 5.56 Å². The Kier molecular flexibility index (Phi) is 9.19. The zero-order chi connectivity index (χ0) is 27.6. The fourth-order valence-corrected chi connectivity index (χ4v) is 7.21. The van der Waals surface area contributed by atoms with Crippen LogP contribution in [0.15, 0.2) is 51.4 Å². The van der Waals surface area contributed by atoms with Crippen molar-refractivity contribution in [3.8, 4) is 17.2 Å². The molecular weight excluding hydrogens is 734 g/mol. The first-order valence-corrected chi connectivity index (χ1v) is 14.8. The van der Waals surface area contributed by atoms with Crippen molar-refractivity contribution < 1.29 is 24.1 Å². The molecular formula is C27H26I2N2O6S. The number of nitrogens with zero attached hydrogens (tertiary/aromatic N) is 2. The Balaban J connectivity index is 2.08. The smallest absolute Gasteiger partial charge is 0.338 e. The van der Waals surface area contributed by atoms with Crippen LogP contribution < -0.4 is 24.4 Å². The quantitative estimate of drug-likeness (QED) is 0.268. The van der Waals surface area contributed by atoms with Gasteiger partial charge in [-0.1, -0.05) is 24.7 Å². The lowest BCUT2D eigenvalue weighted by molar-refractivity contribution is -0.139. The first-order chi connectivity index (χ1) is 18.2. The normalized spacial score (nSPS) is 15.2. The number of aromatic hydroxyl groups is 1. The van der Waals surface area contributed by atoms with E-state index in [0.717, 1.165) is 9.99 Å². The maximum Gasteiger partial charge on any atom is 0.338 e. The zero-order valence-electron chi connectivity index (χ0n) is 21.2. The Morgan fingerprint density at radius 2 is 1.95 bits per heavy atom. The number of benzene rings is 2. The average molecular weight is 760 g/mol. The highest BCUT2D eigenvalue weighted by Crippen LogP contribution is 2.38. The van der Waals surface area contributed by atoms with Gasteiger partial charge in [-0.15, -0.1) is 0 Å². The van der Waals surface area contributed by atoms with Crippen molar-refractivity contribution in [1.82, 2.24) is 4.57 Å². The number of allylic oxidation sites excluding steroid dienone is 1. The molecule has 1 N–H and O–H groups in total. The number of thiazole rings is 1. The highest BCUT2D eigenvalue weighted by atomic mass is 127. The van der Waals surface area contributed by atoms with Gasteiger partial charge >= 0.3 is 5.97 Å². The van der Waals surface area contributed by atoms with Crippen LogP contribution in [0.1, 0.15) is 43.9 Å². The van der Waals surface area contributed by atoms with Crippen LogP contribution in [0.4, 0.5) is 0 Å². The zero-order valence-corrected chi connectivity index (χ0v) is 26.3. The summed E-state index contributed by atoms with van der Waals surface area (Å²) in [5.74, 6) is 0.615. The van der Waals surface area contributed by atoms with Crippen LogP contribution >= 0.6 is 56.5 Å². The Bertz CT molecular complexity index is 1610. The predicted molar refractivity (Wildman–Crippen MR) is 163 cm³/mol. The number of ether oxygens (including phenoxy) is 3. The maximum absolute atomic E-state index is 14.0. The summed E-state index contributed by atoms with van der Waals surface area (Å²) in [7, 11) is 3.09. The average Bonchev–Trinajstić information content (AvgIpc) is 3.20. The summed E-state index contributed by atoms with van der Waals surface area (Å²) in [6.07, 6.45) is 2.93. The second-order valence-corrected chi connectivity index (χ2v) is 11.8. The third-order valence-electron chi connectivity index (χ3n) is 5.97. The topological polar surface area (TPSA) is 99.4 Å². The molecule has 2 heterocycles. The van der Waals surface area contributed by atoms with Gasteiger partial charge in [-0.25, -0.2) is 9.79 Å². The Hall–Kier alpha value is -2.39. The van der Waals surface area contributed by atoms with E-state index in [1.54, 1.807) is 38.3 Å². The molecule has 1 aromatic heterocycles. The minimum Gasteiger partial charge on any atom is -0.506 e. The van der Waals surface area contributed by atoms with E-state index in [4.69, 9.17) is 19.2 Å². The number of methoxy groups -OCH3 is 2. The fraction of sp³-hybridized carbons (Fsp3) is 0.296. The van der Waals surface area contributed by atoms with Gasteiger partial charge in [-0.2, -0.15) is 0 Å². The van der Waals surface area contributed by atoms with E-state index < -0.39 is 12.0 Å². The van der Waals surface area contributed by atoms with Crippen molar-refractivity contribution in [1.29, 1.82) is 0 Å². The Morgan fingerprint density at radius 3 is 2.61 bits per heavy atom. The van der Waals surface area contributed by atoms with Crippen molar-refractivity contribution in [3.63, 3.8) is 0 Å². The first-order valence-electron chi connectivity index (χ1n) is 11.9. The monoisotopic (exact) mass is 760 g/mol. The molecule has 0 saturated carbocycles. The molecule has 0 bridgehead atoms. The summed E-state index contributed by atoms with van der Waals surface area (Å²) in [5.41, 5.74) is 1.64. The second-order valence-electron chi connectivity index (χ2n) is 8.35. The van der Waals surface area contributed by atoms with Gasteiger partial charge in [0.15, 0.2) is 4.80 Å². The van der Waals surface area contributed by atoms with Crippen molar-refractivity contribution in [2.45, 2.75) is 32.7 Å². The number of carbonyl (C=O) groups is 1. The molecule has 1 aliphatic heterocycles. The summed E-state index contributed by atoms with van der Waals surface area (Å²) < 4.78 is 20.1. The third-order valence-corrected chi connectivity index (χ3v) is 8.40. The number of hydrogen-bond acceptors (Lipinski definition) is 8. The van der Waals surface area contributed by atoms with Gasteiger partial charge in [0.2, 0.25) is 0 Å². The molecule has 0 unspecified atom stereocenters. The molecule has 2 aromatic carbocycles. The number of fused-ring (bicyclic) bond motifs is 1. The van der Waals surface area contributed by atoms with Crippen LogP contribution in [0.2, 0.25) is 0 Å². The van der Waals surface area contributed by atoms with Crippen LogP contribution in [0.5, 0.6) is 17.2 Å². The molecule has 3 aromatic rings. The number of phenolic OH excluding ortho intramolecular Hbond substituents is 1. The Morgan fingerprint density at radius 1 is 1.18 bits per heavy atom. The number of carbonyl (C=O) groups excluding carboxylic acids is 1. The van der Waals surface area contributed by atoms with E-state index in [-0.39, 0.29) is 17.9 Å². The van der Waals surface area contributed by atoms with E-state index in [2.05, 4.69) is 45.2 Å². The molecule has 4 rings (SSSR count). The molecule has 0 fully saturated rings. The number of hydrogen-bond donors (Lipinski definition) is 1. The number of phenols is 1. The predicted octanol–water partition coefficient (Wildman–Crippen LogP) is 4.51. The van der Waals surface area contributed by atoms with Gasteiger partial charge < -0.3 is 19.3 Å². The summed E-state index contributed by atoms with van der Waals surface area (Å²) in [6.45, 7) is 3.92. The molecule has 1 aliphatic rings. The molecule has 0 spiro atoms. The van der Waals surface area contributed by atoms with E-state index in [0.29, 0.717) is 53.2 Å². The molecule has 1 atom stereocenters. The Labute approximate surface area is 250 Å². The van der Waals surface area contributed by atoms with Crippen LogP contribution in [-0.2, 0) is 9.53 Å². The lowest BCUT2D eigenvalue weighted by atomic mass is 9.93. The second kappa shape index (κ2) is 12.2. The van der Waals surface area contributed by atoms with Gasteiger partial charge in [-0.3, -0.25) is 9.36 Å². The van der Waals surface area contributed by atoms with Crippen molar-refractivity contribution in [2.75, 3.05) is 20.8 Å². The molecule has 38 heavy (non-hydrogen) atoms. The third kappa shape index (κ3) is 5.50. The fourth-order valence-electron chi connectivity index (χ4n) is 4.31. The number of rotatable bonds is 8. The SMILES string of the molecule is CCCC1=C(C(=O)OCC)[C@@H](c2cc(OC)ccc2OC)n2c(s/c(=C\c3cc(I)cc(I)c3O)c2=O)=N1. The first kappa shape index (κ1) is 28.6. The van der Waals surface area contributed by atoms with E-state index in [1.165, 1.54) is 23.0 Å². The molecule has 11 heteroatoms. The van der Waals surface area contributed by atoms with Crippen LogP contribution in [0.3, 0.4) is 0 Å². The standard InChI is InChI=1S/C27H26I2N2O6S/c1-5-7-19-22(26(34)37-6-2)23(17-13-16(35-3)8-9-20(17)36-4)31-25(33)21(38-27(31)30-19)11-14-10-15(28)12-18(29)24(14)32/h8-13,23,32H,5-7H2,1-4H3/b21-11-/t23-/m1/s1. The van der Waals surface area contributed by atoms with Crippen molar-refractivity contribution in [3.05, 3.63) is 79.6 Å². The van der Waals surface area contributed by atoms with Crippen LogP contribution in [-0.4, -0.2) is 36.5 Å². The maximum atomic E-state index is 14.0.